The van der Waals surface area contributed by atoms with E-state index in [1.807, 2.05) is 0 Å². The van der Waals surface area contributed by atoms with Crippen LogP contribution in [0.1, 0.15) is 18.1 Å². The first kappa shape index (κ1) is 13.6. The van der Waals surface area contributed by atoms with Crippen molar-refractivity contribution in [3.63, 3.8) is 0 Å². The van der Waals surface area contributed by atoms with Gasteiger partial charge in [0.15, 0.2) is 0 Å². The second-order valence-corrected chi connectivity index (χ2v) is 5.66. The Morgan fingerprint density at radius 1 is 0.833 bits per heavy atom. The van der Waals surface area contributed by atoms with E-state index in [9.17, 15) is 0 Å². The van der Waals surface area contributed by atoms with Gasteiger partial charge in [0, 0.05) is 16.7 Å². The molecule has 2 heteroatoms. The Balaban J connectivity index is 1.99. The molecule has 2 aromatic carbocycles. The van der Waals surface area contributed by atoms with Crippen LogP contribution in [0.25, 0.3) is 0 Å². The second-order valence-electron chi connectivity index (χ2n) is 4.42. The van der Waals surface area contributed by atoms with Crippen molar-refractivity contribution in [2.75, 3.05) is 6.54 Å². The van der Waals surface area contributed by atoms with Crippen LogP contribution < -0.4 is 0 Å². The summed E-state index contributed by atoms with van der Waals surface area (Å²) in [5.41, 5.74) is 2.76. The average molecular weight is 351 g/mol. The minimum absolute atomic E-state index is 1.02. The van der Waals surface area contributed by atoms with E-state index in [0.29, 0.717) is 0 Å². The molecular weight excluding hydrogens is 333 g/mol. The average Bonchev–Trinajstić information content (AvgIpc) is 2.41. The molecule has 0 unspecified atom stereocenters. The third kappa shape index (κ3) is 4.10. The monoisotopic (exact) mass is 351 g/mol. The lowest BCUT2D eigenvalue weighted by atomic mass is 10.1. The molecule has 0 saturated heterocycles. The highest BCUT2D eigenvalue weighted by Gasteiger charge is 2.04. The first-order valence-electron chi connectivity index (χ1n) is 6.28. The minimum Gasteiger partial charge on any atom is -0.295 e. The summed E-state index contributed by atoms with van der Waals surface area (Å²) in [6, 6.07) is 19.4. The molecule has 0 aliphatic rings. The van der Waals surface area contributed by atoms with E-state index in [1.165, 1.54) is 14.7 Å². The highest BCUT2D eigenvalue weighted by molar-refractivity contribution is 14.1. The highest BCUT2D eigenvalue weighted by atomic mass is 127. The van der Waals surface area contributed by atoms with Gasteiger partial charge in [-0.05, 0) is 52.4 Å². The Labute approximate surface area is 123 Å². The van der Waals surface area contributed by atoms with Crippen LogP contribution in [0.5, 0.6) is 0 Å². The zero-order valence-electron chi connectivity index (χ0n) is 10.6. The Hall–Kier alpha value is -0.870. The third-order valence-electron chi connectivity index (χ3n) is 3.02. The lowest BCUT2D eigenvalue weighted by Gasteiger charge is -2.20. The van der Waals surface area contributed by atoms with Crippen molar-refractivity contribution < 1.29 is 0 Å². The predicted molar refractivity (Wildman–Crippen MR) is 85.4 cm³/mol. The summed E-state index contributed by atoms with van der Waals surface area (Å²) in [5, 5.41) is 0. The van der Waals surface area contributed by atoms with Gasteiger partial charge in [-0.2, -0.15) is 0 Å². The van der Waals surface area contributed by atoms with Gasteiger partial charge < -0.3 is 0 Å². The fraction of sp³-hybridized carbons (Fsp3) is 0.250. The Kier molecular flexibility index (Phi) is 5.20. The topological polar surface area (TPSA) is 3.24 Å². The molecule has 0 aliphatic heterocycles. The molecule has 0 atom stereocenters. The van der Waals surface area contributed by atoms with E-state index in [0.717, 1.165) is 19.6 Å². The van der Waals surface area contributed by atoms with Gasteiger partial charge >= 0.3 is 0 Å². The fourth-order valence-electron chi connectivity index (χ4n) is 1.97. The van der Waals surface area contributed by atoms with Crippen LogP contribution >= 0.6 is 22.6 Å². The molecular formula is C16H18IN. The van der Waals surface area contributed by atoms with Crippen LogP contribution in [0.15, 0.2) is 54.6 Å². The molecule has 2 rings (SSSR count). The van der Waals surface area contributed by atoms with Crippen LogP contribution in [0.4, 0.5) is 0 Å². The summed E-state index contributed by atoms with van der Waals surface area (Å²) in [4.78, 5) is 2.46. The maximum Gasteiger partial charge on any atom is 0.0237 e. The Morgan fingerprint density at radius 3 is 1.94 bits per heavy atom. The standard InChI is InChI=1S/C16H18IN/c1-2-18(12-14-6-4-3-5-7-14)13-15-8-10-16(17)11-9-15/h3-11H,2,12-13H2,1H3. The molecule has 1 nitrogen and oxygen atoms in total. The van der Waals surface area contributed by atoms with Gasteiger partial charge in [0.05, 0.1) is 0 Å². The summed E-state index contributed by atoms with van der Waals surface area (Å²) < 4.78 is 1.29. The van der Waals surface area contributed by atoms with Crippen LogP contribution in [-0.4, -0.2) is 11.4 Å². The van der Waals surface area contributed by atoms with E-state index < -0.39 is 0 Å². The maximum absolute atomic E-state index is 2.46. The molecule has 94 valence electrons. The van der Waals surface area contributed by atoms with Gasteiger partial charge in [0.25, 0.3) is 0 Å². The highest BCUT2D eigenvalue weighted by Crippen LogP contribution is 2.11. The zero-order valence-corrected chi connectivity index (χ0v) is 12.8. The van der Waals surface area contributed by atoms with Crippen molar-refractivity contribution in [3.05, 3.63) is 69.3 Å². The first-order valence-corrected chi connectivity index (χ1v) is 7.36. The number of hydrogen-bond donors (Lipinski definition) is 0. The van der Waals surface area contributed by atoms with Crippen molar-refractivity contribution in [1.82, 2.24) is 4.90 Å². The van der Waals surface area contributed by atoms with Gasteiger partial charge in [-0.25, -0.2) is 0 Å². The number of halogens is 1. The Morgan fingerprint density at radius 2 is 1.39 bits per heavy atom. The predicted octanol–water partition coefficient (Wildman–Crippen LogP) is 4.31. The van der Waals surface area contributed by atoms with Gasteiger partial charge in [-0.15, -0.1) is 0 Å². The van der Waals surface area contributed by atoms with Crippen molar-refractivity contribution in [1.29, 1.82) is 0 Å². The number of hydrogen-bond acceptors (Lipinski definition) is 1. The second kappa shape index (κ2) is 6.90. The lowest BCUT2D eigenvalue weighted by Crippen LogP contribution is -2.22. The quantitative estimate of drug-likeness (QED) is 0.726. The molecule has 0 aromatic heterocycles. The van der Waals surface area contributed by atoms with Crippen molar-refractivity contribution in [2.45, 2.75) is 20.0 Å². The SMILES string of the molecule is CCN(Cc1ccccc1)Cc1ccc(I)cc1. The Bertz CT molecular complexity index is 464. The van der Waals surface area contributed by atoms with E-state index in [2.05, 4.69) is 89.0 Å². The van der Waals surface area contributed by atoms with Crippen molar-refractivity contribution in [3.8, 4) is 0 Å². The van der Waals surface area contributed by atoms with Crippen LogP contribution in [0, 0.1) is 3.57 Å². The van der Waals surface area contributed by atoms with Crippen LogP contribution in [0.3, 0.4) is 0 Å². The molecule has 2 aromatic rings. The summed E-state index contributed by atoms with van der Waals surface area (Å²) in [7, 11) is 0. The summed E-state index contributed by atoms with van der Waals surface area (Å²) in [6.07, 6.45) is 0. The molecule has 0 N–H and O–H groups in total. The van der Waals surface area contributed by atoms with Crippen LogP contribution in [0.2, 0.25) is 0 Å². The van der Waals surface area contributed by atoms with E-state index in [1.54, 1.807) is 0 Å². The van der Waals surface area contributed by atoms with Crippen molar-refractivity contribution >= 4 is 22.6 Å². The smallest absolute Gasteiger partial charge is 0.0237 e. The molecule has 0 saturated carbocycles. The van der Waals surface area contributed by atoms with Crippen LogP contribution in [-0.2, 0) is 13.1 Å². The van der Waals surface area contributed by atoms with E-state index in [-0.39, 0.29) is 0 Å². The van der Waals surface area contributed by atoms with E-state index >= 15 is 0 Å². The van der Waals surface area contributed by atoms with Gasteiger partial charge in [-0.1, -0.05) is 49.4 Å². The number of rotatable bonds is 5. The van der Waals surface area contributed by atoms with E-state index in [4.69, 9.17) is 0 Å². The first-order chi connectivity index (χ1) is 8.78. The molecule has 0 aliphatic carbocycles. The summed E-state index contributed by atoms with van der Waals surface area (Å²) in [5.74, 6) is 0. The number of nitrogens with zero attached hydrogens (tertiary/aromatic N) is 1. The van der Waals surface area contributed by atoms with Gasteiger partial charge in [0.1, 0.15) is 0 Å². The summed E-state index contributed by atoms with van der Waals surface area (Å²) >= 11 is 2.34. The molecule has 0 heterocycles. The summed E-state index contributed by atoms with van der Waals surface area (Å²) in [6.45, 7) is 5.32. The molecule has 18 heavy (non-hydrogen) atoms. The number of benzene rings is 2. The fourth-order valence-corrected chi connectivity index (χ4v) is 2.33. The normalized spacial score (nSPS) is 10.8. The molecule has 0 spiro atoms. The molecule has 0 radical (unpaired) electrons. The lowest BCUT2D eigenvalue weighted by molar-refractivity contribution is 0.271. The molecule has 0 amide bonds. The van der Waals surface area contributed by atoms with Crippen molar-refractivity contribution in [2.24, 2.45) is 0 Å². The molecule has 0 fully saturated rings. The minimum atomic E-state index is 1.02. The van der Waals surface area contributed by atoms with Gasteiger partial charge in [0.2, 0.25) is 0 Å². The zero-order chi connectivity index (χ0) is 12.8. The maximum atomic E-state index is 2.46. The third-order valence-corrected chi connectivity index (χ3v) is 3.73. The molecule has 0 bridgehead atoms. The van der Waals surface area contributed by atoms with Gasteiger partial charge in [-0.3, -0.25) is 4.90 Å². The largest absolute Gasteiger partial charge is 0.295 e.